The van der Waals surface area contributed by atoms with Gasteiger partial charge in [-0.15, -0.1) is 0 Å². The van der Waals surface area contributed by atoms with E-state index in [1.54, 1.807) is 40.0 Å². The molecule has 2 rings (SSSR count). The summed E-state index contributed by atoms with van der Waals surface area (Å²) in [6.07, 6.45) is 0. The van der Waals surface area contributed by atoms with Crippen LogP contribution in [0, 0.1) is 0 Å². The smallest absolute Gasteiger partial charge is 0.269 e. The zero-order chi connectivity index (χ0) is 13.7. The molecule has 0 saturated carbocycles. The number of benzene rings is 1. The van der Waals surface area contributed by atoms with Gasteiger partial charge in [0, 0.05) is 12.7 Å². The van der Waals surface area contributed by atoms with Gasteiger partial charge in [-0.1, -0.05) is 0 Å². The number of nitrogens with zero attached hydrogens (tertiary/aromatic N) is 1. The zero-order valence-corrected chi connectivity index (χ0v) is 11.6. The lowest BCUT2D eigenvalue weighted by molar-refractivity contribution is 0.0788. The van der Waals surface area contributed by atoms with Crippen molar-refractivity contribution in [3.05, 3.63) is 23.8 Å². The topological polar surface area (TPSA) is 66.5 Å². The molecule has 0 bridgehead atoms. The van der Waals surface area contributed by atoms with Crippen LogP contribution in [0.3, 0.4) is 0 Å². The monoisotopic (exact) mass is 268 g/mol. The Bertz CT molecular complexity index is 615. The van der Waals surface area contributed by atoms with Crippen LogP contribution >= 0.6 is 0 Å². The van der Waals surface area contributed by atoms with E-state index in [0.717, 1.165) is 4.31 Å². The molecule has 18 heavy (non-hydrogen) atoms. The number of hydrogen-bond acceptors (Lipinski definition) is 4. The van der Waals surface area contributed by atoms with Crippen LogP contribution in [-0.4, -0.2) is 31.2 Å². The molecule has 98 valence electrons. The van der Waals surface area contributed by atoms with E-state index in [1.165, 1.54) is 6.07 Å². The highest BCUT2D eigenvalue weighted by atomic mass is 32.2. The van der Waals surface area contributed by atoms with Gasteiger partial charge in [-0.3, -0.25) is 4.79 Å². The van der Waals surface area contributed by atoms with Crippen LogP contribution in [0.4, 0.5) is 5.69 Å². The third kappa shape index (κ3) is 1.68. The van der Waals surface area contributed by atoms with Crippen molar-refractivity contribution >= 4 is 21.6 Å². The van der Waals surface area contributed by atoms with Crippen molar-refractivity contribution in [1.82, 2.24) is 4.31 Å². The Morgan fingerprint density at radius 2 is 1.83 bits per heavy atom. The number of sulfonamides is 1. The Morgan fingerprint density at radius 3 is 2.33 bits per heavy atom. The van der Waals surface area contributed by atoms with Gasteiger partial charge in [0.2, 0.25) is 0 Å². The minimum absolute atomic E-state index is 0.0780. The van der Waals surface area contributed by atoms with Crippen molar-refractivity contribution < 1.29 is 13.2 Å². The van der Waals surface area contributed by atoms with Gasteiger partial charge in [-0.05, 0) is 39.0 Å². The van der Waals surface area contributed by atoms with Crippen LogP contribution in [-0.2, 0) is 10.0 Å². The Labute approximate surface area is 107 Å². The fourth-order valence-electron chi connectivity index (χ4n) is 2.05. The molecule has 0 unspecified atom stereocenters. The van der Waals surface area contributed by atoms with Crippen LogP contribution in [0.2, 0.25) is 0 Å². The Balaban J connectivity index is 2.70. The van der Waals surface area contributed by atoms with Crippen LogP contribution in [0.25, 0.3) is 0 Å². The van der Waals surface area contributed by atoms with E-state index in [4.69, 9.17) is 0 Å². The van der Waals surface area contributed by atoms with Gasteiger partial charge < -0.3 is 5.32 Å². The van der Waals surface area contributed by atoms with Crippen molar-refractivity contribution in [2.75, 3.05) is 12.4 Å². The van der Waals surface area contributed by atoms with Crippen LogP contribution in [0.15, 0.2) is 23.1 Å². The first-order valence-corrected chi connectivity index (χ1v) is 7.05. The normalized spacial score (nSPS) is 17.8. The van der Waals surface area contributed by atoms with E-state index in [2.05, 4.69) is 5.32 Å². The quantitative estimate of drug-likeness (QED) is 0.841. The summed E-state index contributed by atoms with van der Waals surface area (Å²) in [7, 11) is -2.04. The van der Waals surface area contributed by atoms with Crippen LogP contribution < -0.4 is 5.32 Å². The summed E-state index contributed by atoms with van der Waals surface area (Å²) < 4.78 is 25.7. The number of anilines is 1. The molecule has 5 nitrogen and oxygen atoms in total. The second kappa shape index (κ2) is 3.71. The molecule has 1 aliphatic heterocycles. The highest BCUT2D eigenvalue weighted by molar-refractivity contribution is 7.90. The lowest BCUT2D eigenvalue weighted by Gasteiger charge is -2.29. The summed E-state index contributed by atoms with van der Waals surface area (Å²) in [5.41, 5.74) is 0.138. The molecule has 1 amide bonds. The minimum atomic E-state index is -3.74. The summed E-state index contributed by atoms with van der Waals surface area (Å²) in [5.74, 6) is -0.458. The predicted octanol–water partition coefficient (Wildman–Crippen LogP) is 1.67. The zero-order valence-electron chi connectivity index (χ0n) is 10.8. The summed E-state index contributed by atoms with van der Waals surface area (Å²) in [4.78, 5) is 12.3. The lowest BCUT2D eigenvalue weighted by Crippen LogP contribution is -2.45. The van der Waals surface area contributed by atoms with E-state index in [1.807, 2.05) is 0 Å². The van der Waals surface area contributed by atoms with Gasteiger partial charge in [0.15, 0.2) is 0 Å². The van der Waals surface area contributed by atoms with Crippen molar-refractivity contribution in [2.45, 2.75) is 31.2 Å². The van der Waals surface area contributed by atoms with Gasteiger partial charge >= 0.3 is 0 Å². The first-order chi connectivity index (χ1) is 8.19. The third-order valence-electron chi connectivity index (χ3n) is 2.81. The SMILES string of the molecule is CNc1ccc2c(c1)S(=O)(=O)N(C(C)(C)C)C2=O. The second-order valence-electron chi connectivity index (χ2n) is 5.21. The van der Waals surface area contributed by atoms with E-state index in [0.29, 0.717) is 5.69 Å². The number of carbonyl (C=O) groups excluding carboxylic acids is 1. The molecule has 0 saturated heterocycles. The standard InChI is InChI=1S/C12H16N2O3S/c1-12(2,3)14-11(15)9-6-5-8(13-4)7-10(9)18(14,16)17/h5-7,13H,1-4H3. The Kier molecular flexibility index (Phi) is 2.66. The van der Waals surface area contributed by atoms with Gasteiger partial charge in [0.05, 0.1) is 11.1 Å². The number of fused-ring (bicyclic) bond motifs is 1. The van der Waals surface area contributed by atoms with E-state index in [9.17, 15) is 13.2 Å². The summed E-state index contributed by atoms with van der Waals surface area (Å²) in [6.45, 7) is 5.11. The molecule has 1 aromatic carbocycles. The molecule has 1 aromatic rings. The Hall–Kier alpha value is -1.56. The molecule has 0 fully saturated rings. The summed E-state index contributed by atoms with van der Waals surface area (Å²) >= 11 is 0. The number of hydrogen-bond donors (Lipinski definition) is 1. The van der Waals surface area contributed by atoms with Crippen LogP contribution in [0.5, 0.6) is 0 Å². The lowest BCUT2D eigenvalue weighted by atomic mass is 10.1. The maximum absolute atomic E-state index is 12.4. The maximum Gasteiger partial charge on any atom is 0.269 e. The summed E-state index contributed by atoms with van der Waals surface area (Å²) in [6, 6.07) is 4.74. The molecule has 1 heterocycles. The maximum atomic E-state index is 12.4. The molecule has 1 aliphatic rings. The number of amides is 1. The minimum Gasteiger partial charge on any atom is -0.388 e. The highest BCUT2D eigenvalue weighted by Gasteiger charge is 2.46. The van der Waals surface area contributed by atoms with Crippen molar-refractivity contribution in [3.8, 4) is 0 Å². The van der Waals surface area contributed by atoms with Crippen molar-refractivity contribution in [2.24, 2.45) is 0 Å². The van der Waals surface area contributed by atoms with E-state index >= 15 is 0 Å². The third-order valence-corrected chi connectivity index (χ3v) is 4.90. The number of carbonyl (C=O) groups is 1. The van der Waals surface area contributed by atoms with E-state index in [-0.39, 0.29) is 10.5 Å². The van der Waals surface area contributed by atoms with Crippen LogP contribution in [0.1, 0.15) is 31.1 Å². The van der Waals surface area contributed by atoms with Crippen molar-refractivity contribution in [3.63, 3.8) is 0 Å². The number of nitrogens with one attached hydrogen (secondary N) is 1. The first-order valence-electron chi connectivity index (χ1n) is 5.61. The molecule has 0 aliphatic carbocycles. The first kappa shape index (κ1) is 12.9. The van der Waals surface area contributed by atoms with Gasteiger partial charge in [0.1, 0.15) is 4.90 Å². The molecular weight excluding hydrogens is 252 g/mol. The molecule has 1 N–H and O–H groups in total. The fraction of sp³-hybridized carbons (Fsp3) is 0.417. The molecule has 0 radical (unpaired) electrons. The fourth-order valence-corrected chi connectivity index (χ4v) is 3.99. The van der Waals surface area contributed by atoms with Gasteiger partial charge in [-0.2, -0.15) is 0 Å². The number of rotatable bonds is 1. The molecular formula is C12H16N2O3S. The average Bonchev–Trinajstić information content (AvgIpc) is 2.45. The molecule has 0 atom stereocenters. The average molecular weight is 268 g/mol. The van der Waals surface area contributed by atoms with Gasteiger partial charge in [0.25, 0.3) is 15.9 Å². The Morgan fingerprint density at radius 1 is 1.22 bits per heavy atom. The molecule has 0 aromatic heterocycles. The molecule has 0 spiro atoms. The molecule has 6 heteroatoms. The summed E-state index contributed by atoms with van der Waals surface area (Å²) in [5, 5.41) is 2.87. The second-order valence-corrected chi connectivity index (χ2v) is 6.96. The van der Waals surface area contributed by atoms with Gasteiger partial charge in [-0.25, -0.2) is 12.7 Å². The largest absolute Gasteiger partial charge is 0.388 e. The van der Waals surface area contributed by atoms with E-state index < -0.39 is 21.5 Å². The highest BCUT2D eigenvalue weighted by Crippen LogP contribution is 2.36. The predicted molar refractivity (Wildman–Crippen MR) is 69.1 cm³/mol. The van der Waals surface area contributed by atoms with Crippen molar-refractivity contribution in [1.29, 1.82) is 0 Å².